The first-order chi connectivity index (χ1) is 11.7. The minimum absolute atomic E-state index is 0.0108. The average molecular weight is 373 g/mol. The molecule has 0 aromatic heterocycles. The van der Waals surface area contributed by atoms with E-state index in [-0.39, 0.29) is 25.1 Å². The number of nitro groups is 1. The van der Waals surface area contributed by atoms with E-state index in [0.717, 1.165) is 0 Å². The smallest absolute Gasteiger partial charge is 0.321 e. The second-order valence-electron chi connectivity index (χ2n) is 5.03. The number of guanidine groups is 1. The van der Waals surface area contributed by atoms with Crippen molar-refractivity contribution in [3.8, 4) is 0 Å². The number of benzene rings is 1. The summed E-state index contributed by atoms with van der Waals surface area (Å²) in [6.07, 6.45) is 0.128. The van der Waals surface area contributed by atoms with E-state index < -0.39 is 33.0 Å². The molecule has 0 aliphatic carbocycles. The van der Waals surface area contributed by atoms with Crippen LogP contribution in [0.2, 0.25) is 0 Å². The lowest BCUT2D eigenvalue weighted by Gasteiger charge is -2.14. The third-order valence-corrected chi connectivity index (χ3v) is 4.32. The first kappa shape index (κ1) is 20.3. The van der Waals surface area contributed by atoms with Gasteiger partial charge in [-0.3, -0.25) is 4.79 Å². The number of nitrogens with one attached hydrogen (secondary N) is 2. The molecular weight excluding hydrogens is 354 g/mol. The van der Waals surface area contributed by atoms with Gasteiger partial charge >= 0.3 is 5.97 Å². The normalized spacial score (nSPS) is 13.2. The number of hydrazine groups is 1. The number of carbonyl (C=O) groups is 1. The van der Waals surface area contributed by atoms with E-state index in [4.69, 9.17) is 10.8 Å². The lowest BCUT2D eigenvalue weighted by atomic mass is 10.2. The number of aliphatic imine (C=N–C) groups is 1. The number of rotatable bonds is 10. The van der Waals surface area contributed by atoms with Gasteiger partial charge in [0.25, 0.3) is 5.96 Å². The Morgan fingerprint density at radius 2 is 2.00 bits per heavy atom. The van der Waals surface area contributed by atoms with E-state index in [1.165, 1.54) is 0 Å². The molecule has 0 heterocycles. The van der Waals surface area contributed by atoms with Crippen LogP contribution in [0, 0.1) is 10.1 Å². The standard InChI is InChI=1S/C13H19N5O6S/c14-13(16-18(21)22)15-8-4-7-11(12(19)20)17-25(23,24)9-10-5-2-1-3-6-10/h1-3,5-6,11,17H,4,7-9H2,(H,19,20)(H3,14,15,16)/t11-/m1/s1. The van der Waals surface area contributed by atoms with Gasteiger partial charge in [0, 0.05) is 6.54 Å². The van der Waals surface area contributed by atoms with Crippen molar-refractivity contribution >= 4 is 22.0 Å². The number of carboxylic acid groups (broad SMARTS) is 1. The number of nitrogens with two attached hydrogens (primary N) is 1. The van der Waals surface area contributed by atoms with Crippen LogP contribution in [0.15, 0.2) is 35.3 Å². The van der Waals surface area contributed by atoms with Crippen molar-refractivity contribution in [3.63, 3.8) is 0 Å². The lowest BCUT2D eigenvalue weighted by Crippen LogP contribution is -2.41. The fraction of sp³-hybridized carbons (Fsp3) is 0.385. The van der Waals surface area contributed by atoms with Crippen molar-refractivity contribution in [2.45, 2.75) is 24.6 Å². The monoisotopic (exact) mass is 373 g/mol. The minimum atomic E-state index is -3.84. The minimum Gasteiger partial charge on any atom is -0.480 e. The van der Waals surface area contributed by atoms with Crippen LogP contribution in [-0.2, 0) is 20.6 Å². The fourth-order valence-electron chi connectivity index (χ4n) is 1.91. The molecule has 0 aliphatic heterocycles. The Bertz CT molecular complexity index is 722. The maximum atomic E-state index is 12.1. The second-order valence-corrected chi connectivity index (χ2v) is 6.79. The molecule has 0 radical (unpaired) electrons. The molecule has 0 spiro atoms. The summed E-state index contributed by atoms with van der Waals surface area (Å²) in [5.41, 5.74) is 7.38. The molecule has 25 heavy (non-hydrogen) atoms. The van der Waals surface area contributed by atoms with Gasteiger partial charge in [0.15, 0.2) is 5.03 Å². The Morgan fingerprint density at radius 1 is 1.36 bits per heavy atom. The molecule has 1 aromatic carbocycles. The van der Waals surface area contributed by atoms with Gasteiger partial charge in [-0.15, -0.1) is 0 Å². The number of hydrogen-bond donors (Lipinski definition) is 4. The Balaban J connectivity index is 2.56. The maximum Gasteiger partial charge on any atom is 0.321 e. The Labute approximate surface area is 144 Å². The lowest BCUT2D eigenvalue weighted by molar-refractivity contribution is -0.525. The second kappa shape index (κ2) is 9.54. The summed E-state index contributed by atoms with van der Waals surface area (Å²) in [5.74, 6) is -2.08. The first-order valence-electron chi connectivity index (χ1n) is 7.17. The molecule has 0 aliphatic rings. The van der Waals surface area contributed by atoms with E-state index >= 15 is 0 Å². The zero-order chi connectivity index (χ0) is 18.9. The summed E-state index contributed by atoms with van der Waals surface area (Å²) in [4.78, 5) is 25.0. The molecule has 0 unspecified atom stereocenters. The van der Waals surface area contributed by atoms with Gasteiger partial charge in [-0.05, 0) is 18.4 Å². The van der Waals surface area contributed by atoms with Gasteiger partial charge in [0.1, 0.15) is 6.04 Å². The van der Waals surface area contributed by atoms with Crippen LogP contribution in [0.5, 0.6) is 0 Å². The van der Waals surface area contributed by atoms with Crippen LogP contribution in [0.3, 0.4) is 0 Å². The van der Waals surface area contributed by atoms with Crippen molar-refractivity contribution in [2.24, 2.45) is 10.7 Å². The topological polar surface area (TPSA) is 177 Å². The summed E-state index contributed by atoms with van der Waals surface area (Å²) >= 11 is 0. The van der Waals surface area contributed by atoms with E-state index in [2.05, 4.69) is 9.71 Å². The number of sulfonamides is 1. The van der Waals surface area contributed by atoms with E-state index in [9.17, 15) is 23.3 Å². The number of aliphatic carboxylic acids is 1. The van der Waals surface area contributed by atoms with E-state index in [1.807, 2.05) is 0 Å². The van der Waals surface area contributed by atoms with Crippen molar-refractivity contribution in [2.75, 3.05) is 6.54 Å². The summed E-state index contributed by atoms with van der Waals surface area (Å²) in [7, 11) is -3.84. The third-order valence-electron chi connectivity index (χ3n) is 2.96. The predicted octanol–water partition coefficient (Wildman–Crippen LogP) is -0.565. The quantitative estimate of drug-likeness (QED) is 0.138. The highest BCUT2D eigenvalue weighted by Crippen LogP contribution is 2.07. The summed E-state index contributed by atoms with van der Waals surface area (Å²) in [6, 6.07) is 7.02. The molecule has 12 heteroatoms. The summed E-state index contributed by atoms with van der Waals surface area (Å²) in [5, 5.41) is 18.4. The summed E-state index contributed by atoms with van der Waals surface area (Å²) in [6.45, 7) is 0.0108. The van der Waals surface area contributed by atoms with Crippen LogP contribution in [-0.4, -0.2) is 43.1 Å². The van der Waals surface area contributed by atoms with Crippen molar-refractivity contribution in [1.82, 2.24) is 10.1 Å². The highest BCUT2D eigenvalue weighted by atomic mass is 32.2. The zero-order valence-electron chi connectivity index (χ0n) is 13.2. The number of carboxylic acids is 1. The van der Waals surface area contributed by atoms with Crippen LogP contribution >= 0.6 is 0 Å². The molecule has 11 nitrogen and oxygen atoms in total. The van der Waals surface area contributed by atoms with Gasteiger partial charge in [-0.1, -0.05) is 35.8 Å². The molecular formula is C13H19N5O6S. The van der Waals surface area contributed by atoms with Crippen LogP contribution < -0.4 is 15.9 Å². The van der Waals surface area contributed by atoms with Crippen LogP contribution in [0.1, 0.15) is 18.4 Å². The third kappa shape index (κ3) is 8.62. The van der Waals surface area contributed by atoms with E-state index in [0.29, 0.717) is 5.56 Å². The van der Waals surface area contributed by atoms with Gasteiger partial charge in [-0.2, -0.15) is 0 Å². The fourth-order valence-corrected chi connectivity index (χ4v) is 3.28. The van der Waals surface area contributed by atoms with Gasteiger partial charge in [0.2, 0.25) is 10.0 Å². The molecule has 5 N–H and O–H groups in total. The van der Waals surface area contributed by atoms with Crippen molar-refractivity contribution < 1.29 is 23.4 Å². The molecule has 0 amide bonds. The SMILES string of the molecule is NC(=NCCC[C@@H](NS(=O)(=O)Cc1ccccc1)C(=O)O)N[N+](=O)[O-]. The predicted molar refractivity (Wildman–Crippen MR) is 89.5 cm³/mol. The first-order valence-corrected chi connectivity index (χ1v) is 8.82. The molecule has 0 saturated heterocycles. The maximum absolute atomic E-state index is 12.1. The molecule has 1 rings (SSSR count). The van der Waals surface area contributed by atoms with Crippen molar-refractivity contribution in [1.29, 1.82) is 0 Å². The summed E-state index contributed by atoms with van der Waals surface area (Å²) < 4.78 is 26.3. The number of nitrogens with zero attached hydrogens (tertiary/aromatic N) is 2. The Morgan fingerprint density at radius 3 is 2.56 bits per heavy atom. The zero-order valence-corrected chi connectivity index (χ0v) is 14.0. The van der Waals surface area contributed by atoms with Crippen LogP contribution in [0.25, 0.3) is 0 Å². The molecule has 0 saturated carbocycles. The molecule has 0 fully saturated rings. The molecule has 138 valence electrons. The Hall–Kier alpha value is -2.73. The van der Waals surface area contributed by atoms with E-state index in [1.54, 1.807) is 35.8 Å². The number of hydrogen-bond acceptors (Lipinski definition) is 6. The highest BCUT2D eigenvalue weighted by Gasteiger charge is 2.23. The molecule has 1 atom stereocenters. The average Bonchev–Trinajstić information content (AvgIpc) is 2.49. The molecule has 1 aromatic rings. The largest absolute Gasteiger partial charge is 0.480 e. The molecule has 0 bridgehead atoms. The van der Waals surface area contributed by atoms with Crippen molar-refractivity contribution in [3.05, 3.63) is 46.0 Å². The van der Waals surface area contributed by atoms with Crippen LogP contribution in [0.4, 0.5) is 0 Å². The Kier molecular flexibility index (Phi) is 7.75. The van der Waals surface area contributed by atoms with Gasteiger partial charge in [0.05, 0.1) is 5.75 Å². The van der Waals surface area contributed by atoms with Gasteiger partial charge in [-0.25, -0.2) is 28.2 Å². The highest BCUT2D eigenvalue weighted by molar-refractivity contribution is 7.88. The van der Waals surface area contributed by atoms with Gasteiger partial charge < -0.3 is 10.8 Å².